The molecule has 0 spiro atoms. The molecule has 130 valence electrons. The van der Waals surface area contributed by atoms with E-state index in [-0.39, 0.29) is 11.8 Å². The summed E-state index contributed by atoms with van der Waals surface area (Å²) in [7, 11) is 3.16. The van der Waals surface area contributed by atoms with Gasteiger partial charge in [0, 0.05) is 11.3 Å². The van der Waals surface area contributed by atoms with E-state index in [1.165, 1.54) is 0 Å². The van der Waals surface area contributed by atoms with Crippen molar-refractivity contribution in [3.8, 4) is 23.4 Å². The number of nitrogens with two attached hydrogens (primary N) is 1. The Kier molecular flexibility index (Phi) is 4.52. The number of ether oxygens (including phenoxy) is 3. The normalized spacial score (nSPS) is 16.0. The maximum Gasteiger partial charge on any atom is 0.244 e. The smallest absolute Gasteiger partial charge is 0.244 e. The Morgan fingerprint density at radius 2 is 2.08 bits per heavy atom. The Balaban J connectivity index is 2.19. The van der Waals surface area contributed by atoms with Gasteiger partial charge < -0.3 is 19.9 Å². The number of hydrogen-bond acceptors (Lipinski definition) is 6. The van der Waals surface area contributed by atoms with Crippen LogP contribution in [0.2, 0.25) is 0 Å². The number of nitriles is 1. The first kappa shape index (κ1) is 16.7. The second-order valence-corrected chi connectivity index (χ2v) is 5.71. The lowest BCUT2D eigenvalue weighted by atomic mass is 9.83. The highest BCUT2D eigenvalue weighted by atomic mass is 16.5. The highest BCUT2D eigenvalue weighted by Gasteiger charge is 2.35. The van der Waals surface area contributed by atoms with Crippen molar-refractivity contribution in [3.63, 3.8) is 0 Å². The molecule has 1 atom stereocenters. The molecule has 0 fully saturated rings. The predicted octanol–water partition coefficient (Wildman–Crippen LogP) is 2.60. The second-order valence-electron chi connectivity index (χ2n) is 5.71. The molecule has 3 rings (SSSR count). The predicted molar refractivity (Wildman–Crippen MR) is 91.4 cm³/mol. The SMILES string of the molecule is CCCc1[nH]nc2c1[C@H](c1ccc(OC)c(OC)c1)C(C#N)=C(N)O2. The molecule has 1 aromatic carbocycles. The van der Waals surface area contributed by atoms with Crippen molar-refractivity contribution in [2.45, 2.75) is 25.7 Å². The summed E-state index contributed by atoms with van der Waals surface area (Å²) in [4.78, 5) is 0. The van der Waals surface area contributed by atoms with Crippen LogP contribution in [0.3, 0.4) is 0 Å². The number of aromatic amines is 1. The Labute approximate surface area is 146 Å². The molecule has 2 heterocycles. The lowest BCUT2D eigenvalue weighted by molar-refractivity contribution is 0.354. The lowest BCUT2D eigenvalue weighted by Gasteiger charge is -2.24. The van der Waals surface area contributed by atoms with Gasteiger partial charge in [-0.15, -0.1) is 5.10 Å². The fourth-order valence-electron chi connectivity index (χ4n) is 3.11. The molecule has 0 radical (unpaired) electrons. The minimum Gasteiger partial charge on any atom is -0.493 e. The molecule has 0 saturated heterocycles. The van der Waals surface area contributed by atoms with Crippen molar-refractivity contribution in [2.75, 3.05) is 14.2 Å². The number of benzene rings is 1. The van der Waals surface area contributed by atoms with Crippen molar-refractivity contribution >= 4 is 0 Å². The van der Waals surface area contributed by atoms with Crippen LogP contribution in [0.5, 0.6) is 17.4 Å². The number of nitrogens with zero attached hydrogens (tertiary/aromatic N) is 2. The van der Waals surface area contributed by atoms with Gasteiger partial charge in [0.05, 0.1) is 20.1 Å². The molecule has 1 aliphatic heterocycles. The molecule has 1 aromatic heterocycles. The molecule has 1 aliphatic rings. The molecule has 0 unspecified atom stereocenters. The van der Waals surface area contributed by atoms with E-state index in [1.807, 2.05) is 18.2 Å². The van der Waals surface area contributed by atoms with Gasteiger partial charge in [0.15, 0.2) is 11.5 Å². The van der Waals surface area contributed by atoms with Crippen LogP contribution in [0.15, 0.2) is 29.7 Å². The molecule has 25 heavy (non-hydrogen) atoms. The number of aryl methyl sites for hydroxylation is 1. The lowest BCUT2D eigenvalue weighted by Crippen LogP contribution is -2.21. The second kappa shape index (κ2) is 6.77. The number of fused-ring (bicyclic) bond motifs is 1. The van der Waals surface area contributed by atoms with Gasteiger partial charge in [0.2, 0.25) is 11.8 Å². The molecule has 0 saturated carbocycles. The molecule has 0 aliphatic carbocycles. The Morgan fingerprint density at radius 1 is 1.32 bits per heavy atom. The van der Waals surface area contributed by atoms with E-state index in [9.17, 15) is 5.26 Å². The number of rotatable bonds is 5. The molecule has 3 N–H and O–H groups in total. The molecule has 7 heteroatoms. The molecular formula is C18H20N4O3. The zero-order valence-corrected chi connectivity index (χ0v) is 14.4. The van der Waals surface area contributed by atoms with E-state index < -0.39 is 0 Å². The first-order valence-corrected chi connectivity index (χ1v) is 8.01. The number of methoxy groups -OCH3 is 2. The van der Waals surface area contributed by atoms with E-state index >= 15 is 0 Å². The fourth-order valence-corrected chi connectivity index (χ4v) is 3.11. The van der Waals surface area contributed by atoms with Crippen LogP contribution >= 0.6 is 0 Å². The Morgan fingerprint density at radius 3 is 2.72 bits per heavy atom. The molecule has 2 aromatic rings. The average molecular weight is 340 g/mol. The summed E-state index contributed by atoms with van der Waals surface area (Å²) in [5, 5.41) is 16.9. The average Bonchev–Trinajstić information content (AvgIpc) is 3.02. The third kappa shape index (κ3) is 2.76. The van der Waals surface area contributed by atoms with Gasteiger partial charge in [0.1, 0.15) is 11.6 Å². The topological polar surface area (TPSA) is 106 Å². The Hall–Kier alpha value is -3.14. The van der Waals surface area contributed by atoms with Crippen LogP contribution in [0, 0.1) is 11.3 Å². The third-order valence-corrected chi connectivity index (χ3v) is 4.26. The highest BCUT2D eigenvalue weighted by molar-refractivity contribution is 5.57. The van der Waals surface area contributed by atoms with Crippen LogP contribution in [0.4, 0.5) is 0 Å². The first-order valence-electron chi connectivity index (χ1n) is 8.01. The standard InChI is InChI=1S/C18H20N4O3/c1-4-5-12-16-15(10-6-7-13(23-2)14(8-10)24-3)11(9-19)17(20)25-18(16)22-21-12/h6-8,15H,4-5,20H2,1-3H3,(H,21,22)/t15-/m1/s1. The molecular weight excluding hydrogens is 320 g/mol. The van der Waals surface area contributed by atoms with Gasteiger partial charge in [0.25, 0.3) is 0 Å². The maximum atomic E-state index is 9.65. The number of allylic oxidation sites excluding steroid dienone is 1. The largest absolute Gasteiger partial charge is 0.493 e. The summed E-state index contributed by atoms with van der Waals surface area (Å²) in [5.74, 6) is 1.33. The highest BCUT2D eigenvalue weighted by Crippen LogP contribution is 2.44. The van der Waals surface area contributed by atoms with Crippen molar-refractivity contribution in [1.29, 1.82) is 5.26 Å². The minimum atomic E-state index is -0.367. The summed E-state index contributed by atoms with van der Waals surface area (Å²) in [6, 6.07) is 7.75. The molecule has 0 bridgehead atoms. The quantitative estimate of drug-likeness (QED) is 0.866. The van der Waals surface area contributed by atoms with Gasteiger partial charge >= 0.3 is 0 Å². The van der Waals surface area contributed by atoms with Crippen LogP contribution in [0.1, 0.15) is 36.1 Å². The van der Waals surface area contributed by atoms with Crippen LogP contribution < -0.4 is 19.9 Å². The van der Waals surface area contributed by atoms with E-state index in [0.717, 1.165) is 29.7 Å². The summed E-state index contributed by atoms with van der Waals surface area (Å²) in [6.45, 7) is 2.08. The monoisotopic (exact) mass is 340 g/mol. The van der Waals surface area contributed by atoms with E-state index in [4.69, 9.17) is 19.9 Å². The van der Waals surface area contributed by atoms with Gasteiger partial charge in [-0.25, -0.2) is 0 Å². The van der Waals surface area contributed by atoms with Crippen molar-refractivity contribution in [1.82, 2.24) is 10.2 Å². The van der Waals surface area contributed by atoms with Crippen LogP contribution in [-0.2, 0) is 6.42 Å². The Bertz CT molecular complexity index is 864. The van der Waals surface area contributed by atoms with E-state index in [2.05, 4.69) is 23.2 Å². The van der Waals surface area contributed by atoms with Gasteiger partial charge in [-0.2, -0.15) is 5.26 Å². The summed E-state index contributed by atoms with van der Waals surface area (Å²) in [6.07, 6.45) is 1.74. The van der Waals surface area contributed by atoms with Crippen LogP contribution in [0.25, 0.3) is 0 Å². The van der Waals surface area contributed by atoms with Gasteiger partial charge in [-0.05, 0) is 24.1 Å². The zero-order chi connectivity index (χ0) is 18.0. The maximum absolute atomic E-state index is 9.65. The van der Waals surface area contributed by atoms with E-state index in [1.54, 1.807) is 14.2 Å². The first-order chi connectivity index (χ1) is 12.1. The van der Waals surface area contributed by atoms with Gasteiger partial charge in [-0.3, -0.25) is 5.10 Å². The van der Waals surface area contributed by atoms with Crippen molar-refractivity contribution in [3.05, 3.63) is 46.5 Å². The molecule has 7 nitrogen and oxygen atoms in total. The number of hydrogen-bond donors (Lipinski definition) is 2. The van der Waals surface area contributed by atoms with Gasteiger partial charge in [-0.1, -0.05) is 19.4 Å². The summed E-state index contributed by atoms with van der Waals surface area (Å²) < 4.78 is 16.3. The zero-order valence-electron chi connectivity index (χ0n) is 14.4. The minimum absolute atomic E-state index is 0.0735. The summed E-state index contributed by atoms with van der Waals surface area (Å²) in [5.41, 5.74) is 8.98. The van der Waals surface area contributed by atoms with Crippen molar-refractivity contribution in [2.24, 2.45) is 5.73 Å². The summed E-state index contributed by atoms with van der Waals surface area (Å²) >= 11 is 0. The number of aromatic nitrogens is 2. The number of H-pyrrole nitrogens is 1. The third-order valence-electron chi connectivity index (χ3n) is 4.26. The van der Waals surface area contributed by atoms with E-state index in [0.29, 0.717) is 23.0 Å². The molecule has 0 amide bonds. The fraction of sp³-hybridized carbons (Fsp3) is 0.333. The van der Waals surface area contributed by atoms with Crippen LogP contribution in [-0.4, -0.2) is 24.4 Å². The van der Waals surface area contributed by atoms with Crippen molar-refractivity contribution < 1.29 is 14.2 Å². The number of nitrogens with one attached hydrogen (secondary N) is 1.